The molecular weight excluding hydrogens is 556 g/mol. The molecule has 3 aromatic rings. The second-order valence-electron chi connectivity index (χ2n) is 10.2. The minimum absolute atomic E-state index is 0. The van der Waals surface area contributed by atoms with Crippen LogP contribution in [0, 0.1) is 0 Å². The maximum Gasteiger partial charge on any atom is 0.347 e. The molecule has 42 heavy (non-hydrogen) atoms. The number of unbranched alkanes of at least 4 members (excludes halogenated alkanes) is 1. The summed E-state index contributed by atoms with van der Waals surface area (Å²) in [6, 6.07) is 15.7. The van der Waals surface area contributed by atoms with Gasteiger partial charge in [-0.3, -0.25) is 4.79 Å². The van der Waals surface area contributed by atoms with Gasteiger partial charge < -0.3 is 24.5 Å². The third-order valence-corrected chi connectivity index (χ3v) is 8.10. The number of benzene rings is 2. The third-order valence-electron chi connectivity index (χ3n) is 8.10. The average molecular weight is 588 g/mol. The number of nitrogens with zero attached hydrogens (tertiary/aromatic N) is 6. The fourth-order valence-corrected chi connectivity index (χ4v) is 6.09. The molecule has 6 rings (SSSR count). The molecule has 0 spiro atoms. The van der Waals surface area contributed by atoms with E-state index in [0.717, 1.165) is 53.0 Å². The van der Waals surface area contributed by atoms with E-state index in [0.29, 0.717) is 18.8 Å². The number of aromatic nitrogens is 4. The van der Waals surface area contributed by atoms with Crippen LogP contribution >= 0.6 is 0 Å². The molecule has 1 aromatic heterocycles. The van der Waals surface area contributed by atoms with Crippen molar-refractivity contribution >= 4 is 76.7 Å². The fraction of sp³-hybridized carbons (Fsp3) is 0.345. The monoisotopic (exact) mass is 587 g/mol. The summed E-state index contributed by atoms with van der Waals surface area (Å²) in [5, 5.41) is 25.4. The summed E-state index contributed by atoms with van der Waals surface area (Å²) in [4.78, 5) is 31.6. The first-order valence-corrected chi connectivity index (χ1v) is 13.4. The number of H-pyrrole nitrogens is 1. The number of esters is 1. The molecule has 11 nitrogen and oxygen atoms in total. The van der Waals surface area contributed by atoms with Gasteiger partial charge in [0.05, 0.1) is 25.4 Å². The minimum Gasteiger partial charge on any atom is -0.509 e. The van der Waals surface area contributed by atoms with Crippen molar-refractivity contribution in [3.63, 3.8) is 0 Å². The topological polar surface area (TPSA) is 128 Å². The summed E-state index contributed by atoms with van der Waals surface area (Å²) in [6.07, 6.45) is 3.55. The molecule has 1 amide bonds. The standard InChI is InChI=1S/C29H31N7O4.2Na/c1-4-5-10-24-34(2)21-15-22-26(37)25(29(39)40-3)28(38)35(22)16-23(21)36(24)18-13-11-17(12-14-18)19-8-6-7-9-20(19)27-30-32-33-31-27;;/h6-9,11-14,22,24,37H,4-5,10,15-16H2,1-3H3,(H,30,31,32,33);;. The summed E-state index contributed by atoms with van der Waals surface area (Å²) in [6.45, 7) is 2.47. The van der Waals surface area contributed by atoms with Gasteiger partial charge in [-0.1, -0.05) is 49.7 Å². The van der Waals surface area contributed by atoms with Gasteiger partial charge in [0, 0.05) is 89.5 Å². The van der Waals surface area contributed by atoms with Crippen molar-refractivity contribution < 1.29 is 19.4 Å². The van der Waals surface area contributed by atoms with Crippen molar-refractivity contribution in [2.24, 2.45) is 0 Å². The van der Waals surface area contributed by atoms with Gasteiger partial charge in [0.2, 0.25) is 5.82 Å². The van der Waals surface area contributed by atoms with Crippen molar-refractivity contribution in [2.45, 2.75) is 44.8 Å². The van der Waals surface area contributed by atoms with Crippen molar-refractivity contribution in [3.8, 4) is 22.5 Å². The van der Waals surface area contributed by atoms with Crippen LogP contribution in [0.2, 0.25) is 0 Å². The Morgan fingerprint density at radius 2 is 1.81 bits per heavy atom. The van der Waals surface area contributed by atoms with Gasteiger partial charge in [0.25, 0.3) is 5.91 Å². The first-order valence-electron chi connectivity index (χ1n) is 13.4. The van der Waals surface area contributed by atoms with E-state index in [2.05, 4.69) is 68.7 Å². The average Bonchev–Trinajstić information content (AvgIpc) is 3.67. The van der Waals surface area contributed by atoms with Gasteiger partial charge in [-0.05, 0) is 41.3 Å². The second-order valence-corrected chi connectivity index (χ2v) is 10.2. The Labute approximate surface area is 288 Å². The molecule has 2 radical (unpaired) electrons. The van der Waals surface area contributed by atoms with Gasteiger partial charge in [-0.2, -0.15) is 5.21 Å². The van der Waals surface area contributed by atoms with Gasteiger partial charge in [0.15, 0.2) is 5.57 Å². The van der Waals surface area contributed by atoms with E-state index in [9.17, 15) is 14.7 Å². The summed E-state index contributed by atoms with van der Waals surface area (Å²) >= 11 is 0. The largest absolute Gasteiger partial charge is 0.509 e. The molecule has 208 valence electrons. The zero-order valence-corrected chi connectivity index (χ0v) is 28.7. The maximum absolute atomic E-state index is 13.2. The molecule has 3 aliphatic heterocycles. The van der Waals surface area contributed by atoms with E-state index in [1.165, 1.54) is 7.11 Å². The van der Waals surface area contributed by atoms with E-state index in [-0.39, 0.29) is 76.6 Å². The zero-order valence-electron chi connectivity index (χ0n) is 24.7. The number of carbonyl (C=O) groups excluding carboxylic acids is 2. The van der Waals surface area contributed by atoms with Crippen LogP contribution in [0.3, 0.4) is 0 Å². The number of aliphatic hydroxyl groups excluding tert-OH is 1. The van der Waals surface area contributed by atoms with E-state index in [4.69, 9.17) is 4.74 Å². The Morgan fingerprint density at radius 1 is 1.10 bits per heavy atom. The Bertz CT molecular complexity index is 1520. The summed E-state index contributed by atoms with van der Waals surface area (Å²) in [7, 11) is 3.28. The van der Waals surface area contributed by atoms with E-state index in [1.807, 2.05) is 24.3 Å². The normalized spacial score (nSPS) is 19.4. The number of amides is 1. The molecule has 2 unspecified atom stereocenters. The van der Waals surface area contributed by atoms with Gasteiger partial charge >= 0.3 is 5.97 Å². The van der Waals surface area contributed by atoms with Crippen molar-refractivity contribution in [1.29, 1.82) is 0 Å². The minimum atomic E-state index is -0.806. The number of rotatable bonds is 7. The number of tetrazole rings is 1. The molecule has 0 saturated heterocycles. The number of fused-ring (bicyclic) bond motifs is 1. The van der Waals surface area contributed by atoms with Crippen LogP contribution in [0.5, 0.6) is 0 Å². The molecule has 0 bridgehead atoms. The molecule has 0 fully saturated rings. The van der Waals surface area contributed by atoms with Crippen LogP contribution in [0.4, 0.5) is 5.69 Å². The SMILES string of the molecule is CCCCC1N(C)C2=C(CN3C(=O)C(C(=O)OC)=C(O)C3C2)N1c1ccc(-c2ccccc2-c2nn[nH]n2)cc1.[Na].[Na]. The van der Waals surface area contributed by atoms with Crippen LogP contribution in [0.1, 0.15) is 32.6 Å². The maximum atomic E-state index is 13.2. The van der Waals surface area contributed by atoms with E-state index < -0.39 is 17.9 Å². The fourth-order valence-electron chi connectivity index (χ4n) is 6.09. The molecular formula is C29H31N7Na2O4. The zero-order chi connectivity index (χ0) is 28.0. The first-order chi connectivity index (χ1) is 19.4. The van der Waals surface area contributed by atoms with Crippen LogP contribution < -0.4 is 4.90 Å². The third kappa shape index (κ3) is 5.42. The number of nitrogens with one attached hydrogen (secondary N) is 1. The number of ether oxygens (including phenoxy) is 1. The molecule has 2 atom stereocenters. The van der Waals surface area contributed by atoms with E-state index >= 15 is 0 Å². The number of hydrogen-bond acceptors (Lipinski definition) is 9. The number of methoxy groups -OCH3 is 1. The number of aliphatic hydroxyl groups is 1. The van der Waals surface area contributed by atoms with Gasteiger partial charge in [-0.25, -0.2) is 4.79 Å². The number of anilines is 1. The van der Waals surface area contributed by atoms with Crippen LogP contribution in [-0.2, 0) is 14.3 Å². The van der Waals surface area contributed by atoms with Crippen molar-refractivity contribution in [1.82, 2.24) is 30.4 Å². The summed E-state index contributed by atoms with van der Waals surface area (Å²) < 4.78 is 4.78. The number of hydrogen-bond donors (Lipinski definition) is 2. The van der Waals surface area contributed by atoms with Crippen molar-refractivity contribution in [3.05, 3.63) is 71.3 Å². The summed E-state index contributed by atoms with van der Waals surface area (Å²) in [5.41, 5.74) is 5.72. The molecule has 2 aromatic carbocycles. The Balaban J connectivity index is 0.00000202. The number of aromatic amines is 1. The Morgan fingerprint density at radius 3 is 2.45 bits per heavy atom. The quantitative estimate of drug-likeness (QED) is 0.244. The predicted octanol–water partition coefficient (Wildman–Crippen LogP) is 2.85. The molecule has 0 aliphatic carbocycles. The van der Waals surface area contributed by atoms with Gasteiger partial charge in [0.1, 0.15) is 11.9 Å². The Kier molecular flexibility index (Phi) is 10.2. The van der Waals surface area contributed by atoms with Crippen LogP contribution in [0.25, 0.3) is 22.5 Å². The smallest absolute Gasteiger partial charge is 0.347 e. The van der Waals surface area contributed by atoms with Crippen LogP contribution in [0.15, 0.2) is 71.3 Å². The summed E-state index contributed by atoms with van der Waals surface area (Å²) in [5.74, 6) is -0.968. The molecule has 2 N–H and O–H groups in total. The predicted molar refractivity (Wildman–Crippen MR) is 159 cm³/mol. The molecule has 4 heterocycles. The van der Waals surface area contributed by atoms with E-state index in [1.54, 1.807) is 4.90 Å². The van der Waals surface area contributed by atoms with Crippen molar-refractivity contribution in [2.75, 3.05) is 25.6 Å². The molecule has 0 saturated carbocycles. The molecule has 3 aliphatic rings. The first kappa shape index (κ1) is 32.2. The number of carbonyl (C=O) groups is 2. The molecule has 13 heteroatoms. The Hall–Kier alpha value is -2.67. The van der Waals surface area contributed by atoms with Gasteiger partial charge in [-0.15, -0.1) is 10.2 Å². The van der Waals surface area contributed by atoms with Crippen LogP contribution in [-0.4, -0.2) is 139 Å². The second kappa shape index (κ2) is 13.3.